The number of amides is 1. The predicted octanol–water partition coefficient (Wildman–Crippen LogP) is 4.82. The first-order valence-corrected chi connectivity index (χ1v) is 11.1. The van der Waals surface area contributed by atoms with Crippen molar-refractivity contribution in [3.8, 4) is 11.5 Å². The summed E-state index contributed by atoms with van der Waals surface area (Å²) >= 11 is 0. The zero-order valence-corrected chi connectivity index (χ0v) is 19.0. The maximum atomic E-state index is 12.9. The van der Waals surface area contributed by atoms with E-state index < -0.39 is 10.8 Å². The summed E-state index contributed by atoms with van der Waals surface area (Å²) < 4.78 is 11.4. The Kier molecular flexibility index (Phi) is 6.91. The third-order valence-corrected chi connectivity index (χ3v) is 5.58. The molecule has 3 aromatic rings. The molecule has 2 heterocycles. The van der Waals surface area contributed by atoms with Crippen LogP contribution in [0.3, 0.4) is 0 Å². The minimum absolute atomic E-state index is 0.182. The molecule has 0 aliphatic carbocycles. The number of nitro benzene ring substituents is 1. The zero-order valence-electron chi connectivity index (χ0n) is 19.0. The lowest BCUT2D eigenvalue weighted by atomic mass is 10.1. The van der Waals surface area contributed by atoms with Crippen molar-refractivity contribution >= 4 is 17.3 Å². The van der Waals surface area contributed by atoms with E-state index in [4.69, 9.17) is 9.47 Å². The Labute approximate surface area is 197 Å². The maximum absolute atomic E-state index is 12.9. The number of hydrogen-bond donors (Lipinski definition) is 2. The largest absolute Gasteiger partial charge is 0.490 e. The standard InChI is InChI=1S/C25H26N4O5/c1-16(18-8-10-23-24(15-18)34-13-5-12-33-23)28-25(30)19-7-9-21(22(14-19)29(31)32)27-17(2)20-6-3-4-11-26-20/h3-4,6-11,14-17,27H,5,12-13H2,1-2H3,(H,28,30). The number of pyridine rings is 1. The molecule has 1 aliphatic heterocycles. The van der Waals surface area contributed by atoms with Gasteiger partial charge in [-0.05, 0) is 55.8 Å². The molecule has 0 radical (unpaired) electrons. The first-order chi connectivity index (χ1) is 16.4. The van der Waals surface area contributed by atoms with Crippen LogP contribution in [0.2, 0.25) is 0 Å². The predicted molar refractivity (Wildman–Crippen MR) is 127 cm³/mol. The van der Waals surface area contributed by atoms with Gasteiger partial charge in [0.15, 0.2) is 11.5 Å². The van der Waals surface area contributed by atoms with Gasteiger partial charge in [-0.2, -0.15) is 0 Å². The van der Waals surface area contributed by atoms with E-state index >= 15 is 0 Å². The number of nitro groups is 1. The third-order valence-electron chi connectivity index (χ3n) is 5.58. The monoisotopic (exact) mass is 462 g/mol. The molecule has 0 saturated heterocycles. The summed E-state index contributed by atoms with van der Waals surface area (Å²) in [6, 6.07) is 14.8. The Morgan fingerprint density at radius 1 is 1.03 bits per heavy atom. The highest BCUT2D eigenvalue weighted by Gasteiger charge is 2.21. The van der Waals surface area contributed by atoms with Crippen molar-refractivity contribution in [2.24, 2.45) is 0 Å². The molecule has 176 valence electrons. The minimum Gasteiger partial charge on any atom is -0.490 e. The van der Waals surface area contributed by atoms with Crippen molar-refractivity contribution < 1.29 is 19.2 Å². The number of aromatic nitrogens is 1. The van der Waals surface area contributed by atoms with E-state index in [9.17, 15) is 14.9 Å². The van der Waals surface area contributed by atoms with Gasteiger partial charge in [-0.15, -0.1) is 0 Å². The highest BCUT2D eigenvalue weighted by Crippen LogP contribution is 2.33. The van der Waals surface area contributed by atoms with Gasteiger partial charge in [0, 0.05) is 24.2 Å². The molecule has 2 aromatic carbocycles. The maximum Gasteiger partial charge on any atom is 0.293 e. The second-order valence-electron chi connectivity index (χ2n) is 8.06. The van der Waals surface area contributed by atoms with Crippen LogP contribution in [-0.4, -0.2) is 29.0 Å². The van der Waals surface area contributed by atoms with Gasteiger partial charge in [0.25, 0.3) is 11.6 Å². The van der Waals surface area contributed by atoms with E-state index in [0.717, 1.165) is 17.7 Å². The van der Waals surface area contributed by atoms with Crippen LogP contribution in [0.1, 0.15) is 54.0 Å². The van der Waals surface area contributed by atoms with E-state index in [1.807, 2.05) is 44.2 Å². The van der Waals surface area contributed by atoms with E-state index in [1.165, 1.54) is 6.07 Å². The van der Waals surface area contributed by atoms with Crippen molar-refractivity contribution in [2.75, 3.05) is 18.5 Å². The lowest BCUT2D eigenvalue weighted by molar-refractivity contribution is -0.384. The Hall–Kier alpha value is -4.14. The molecule has 9 nitrogen and oxygen atoms in total. The fraction of sp³-hybridized carbons (Fsp3) is 0.280. The molecule has 2 N–H and O–H groups in total. The molecule has 0 bridgehead atoms. The van der Waals surface area contributed by atoms with Gasteiger partial charge in [-0.25, -0.2) is 0 Å². The highest BCUT2D eigenvalue weighted by atomic mass is 16.6. The van der Waals surface area contributed by atoms with Gasteiger partial charge in [0.05, 0.1) is 35.9 Å². The SMILES string of the molecule is CC(NC(=O)c1ccc(NC(C)c2ccccn2)c([N+](=O)[O-])c1)c1ccc2c(c1)OCCCO2. The van der Waals surface area contributed by atoms with Crippen LogP contribution >= 0.6 is 0 Å². The van der Waals surface area contributed by atoms with Crippen molar-refractivity contribution in [1.29, 1.82) is 0 Å². The number of ether oxygens (including phenoxy) is 2. The van der Waals surface area contributed by atoms with Gasteiger partial charge in [-0.3, -0.25) is 19.9 Å². The highest BCUT2D eigenvalue weighted by molar-refractivity contribution is 5.96. The summed E-state index contributed by atoms with van der Waals surface area (Å²) in [5.74, 6) is 0.912. The number of carbonyl (C=O) groups is 1. The molecule has 2 unspecified atom stereocenters. The van der Waals surface area contributed by atoms with Crippen LogP contribution in [0.25, 0.3) is 0 Å². The average Bonchev–Trinajstić information content (AvgIpc) is 3.09. The van der Waals surface area contributed by atoms with Gasteiger partial charge < -0.3 is 20.1 Å². The van der Waals surface area contributed by atoms with E-state index in [0.29, 0.717) is 30.4 Å². The summed E-state index contributed by atoms with van der Waals surface area (Å²) in [6.07, 6.45) is 2.47. The molecule has 1 amide bonds. The minimum atomic E-state index is -0.502. The Balaban J connectivity index is 1.49. The number of nitrogens with zero attached hydrogens (tertiary/aromatic N) is 2. The van der Waals surface area contributed by atoms with E-state index in [2.05, 4.69) is 15.6 Å². The van der Waals surface area contributed by atoms with Crippen LogP contribution in [0.4, 0.5) is 11.4 Å². The van der Waals surface area contributed by atoms with Crippen LogP contribution in [0, 0.1) is 10.1 Å². The molecule has 0 saturated carbocycles. The normalized spacial score (nSPS) is 14.4. The number of carbonyl (C=O) groups excluding carboxylic acids is 1. The number of benzene rings is 2. The Morgan fingerprint density at radius 2 is 1.82 bits per heavy atom. The van der Waals surface area contributed by atoms with Crippen molar-refractivity contribution in [3.63, 3.8) is 0 Å². The quantitative estimate of drug-likeness (QED) is 0.382. The van der Waals surface area contributed by atoms with Gasteiger partial charge in [-0.1, -0.05) is 12.1 Å². The number of hydrogen-bond acceptors (Lipinski definition) is 7. The Bertz CT molecular complexity index is 1190. The molecule has 0 spiro atoms. The Morgan fingerprint density at radius 3 is 2.56 bits per heavy atom. The molecule has 4 rings (SSSR count). The molecular weight excluding hydrogens is 436 g/mol. The molecule has 34 heavy (non-hydrogen) atoms. The average molecular weight is 463 g/mol. The van der Waals surface area contributed by atoms with Gasteiger partial charge >= 0.3 is 0 Å². The van der Waals surface area contributed by atoms with Crippen molar-refractivity contribution in [3.05, 3.63) is 87.7 Å². The number of rotatable bonds is 7. The zero-order chi connectivity index (χ0) is 24.1. The van der Waals surface area contributed by atoms with Gasteiger partial charge in [0.2, 0.25) is 0 Å². The first-order valence-electron chi connectivity index (χ1n) is 11.1. The fourth-order valence-corrected chi connectivity index (χ4v) is 3.70. The molecule has 1 aromatic heterocycles. The molecular formula is C25H26N4O5. The third kappa shape index (κ3) is 5.25. The van der Waals surface area contributed by atoms with Crippen LogP contribution in [0.5, 0.6) is 11.5 Å². The van der Waals surface area contributed by atoms with Gasteiger partial charge in [0.1, 0.15) is 5.69 Å². The topological polar surface area (TPSA) is 116 Å². The molecule has 1 aliphatic rings. The summed E-state index contributed by atoms with van der Waals surface area (Å²) in [5.41, 5.74) is 1.93. The van der Waals surface area contributed by atoms with Crippen molar-refractivity contribution in [1.82, 2.24) is 10.3 Å². The van der Waals surface area contributed by atoms with Crippen molar-refractivity contribution in [2.45, 2.75) is 32.4 Å². The second kappa shape index (κ2) is 10.2. The number of anilines is 1. The summed E-state index contributed by atoms with van der Waals surface area (Å²) in [4.78, 5) is 28.4. The van der Waals surface area contributed by atoms with E-state index in [-0.39, 0.29) is 23.3 Å². The van der Waals surface area contributed by atoms with E-state index in [1.54, 1.807) is 24.4 Å². The lowest BCUT2D eigenvalue weighted by Gasteiger charge is -2.17. The van der Waals surface area contributed by atoms with Crippen LogP contribution in [-0.2, 0) is 0 Å². The number of nitrogens with one attached hydrogen (secondary N) is 2. The summed E-state index contributed by atoms with van der Waals surface area (Å²) in [6.45, 7) is 4.88. The first kappa shape index (κ1) is 23.0. The lowest BCUT2D eigenvalue weighted by Crippen LogP contribution is -2.26. The van der Waals surface area contributed by atoms with Crippen LogP contribution in [0.15, 0.2) is 60.8 Å². The smallest absolute Gasteiger partial charge is 0.293 e. The summed E-state index contributed by atoms with van der Waals surface area (Å²) in [5, 5.41) is 17.7. The molecule has 2 atom stereocenters. The molecule has 9 heteroatoms. The number of fused-ring (bicyclic) bond motifs is 1. The fourth-order valence-electron chi connectivity index (χ4n) is 3.70. The molecule has 0 fully saturated rings. The second-order valence-corrected chi connectivity index (χ2v) is 8.06. The van der Waals surface area contributed by atoms with Crippen LogP contribution < -0.4 is 20.1 Å². The summed E-state index contributed by atoms with van der Waals surface area (Å²) in [7, 11) is 0.